The van der Waals surface area contributed by atoms with E-state index in [9.17, 15) is 4.79 Å². The first-order valence-corrected chi connectivity index (χ1v) is 9.85. The number of hydrogen-bond acceptors (Lipinski definition) is 3. The molecule has 2 aromatic carbocycles. The summed E-state index contributed by atoms with van der Waals surface area (Å²) >= 11 is 11.9. The van der Waals surface area contributed by atoms with Crippen LogP contribution in [0, 0.1) is 0 Å². The quantitative estimate of drug-likeness (QED) is 0.340. The second kappa shape index (κ2) is 8.26. The lowest BCUT2D eigenvalue weighted by Crippen LogP contribution is -1.95. The standard InChI is InChI=1S/C23H18Cl2O3/c24-17-5-10-21(22(25)13-17)23(26)11-9-18-7-8-20(28-18)14-27-19-6-4-15-2-1-3-16(15)12-19/h4-13H,1-3,14H2/b11-9+. The highest BCUT2D eigenvalue weighted by molar-refractivity contribution is 6.37. The number of benzene rings is 2. The number of halogens is 2. The van der Waals surface area contributed by atoms with Gasteiger partial charge in [0.1, 0.15) is 23.9 Å². The third-order valence-electron chi connectivity index (χ3n) is 4.73. The third-order valence-corrected chi connectivity index (χ3v) is 5.28. The zero-order valence-electron chi connectivity index (χ0n) is 15.1. The van der Waals surface area contributed by atoms with Crippen LogP contribution in [0.3, 0.4) is 0 Å². The first-order chi connectivity index (χ1) is 13.6. The van der Waals surface area contributed by atoms with Crippen LogP contribution < -0.4 is 4.74 Å². The van der Waals surface area contributed by atoms with Crippen molar-refractivity contribution in [1.29, 1.82) is 0 Å². The fourth-order valence-electron chi connectivity index (χ4n) is 3.29. The van der Waals surface area contributed by atoms with Crippen molar-refractivity contribution >= 4 is 35.1 Å². The number of rotatable bonds is 6. The van der Waals surface area contributed by atoms with Gasteiger partial charge in [0.2, 0.25) is 0 Å². The zero-order valence-corrected chi connectivity index (χ0v) is 16.6. The maximum Gasteiger partial charge on any atom is 0.187 e. The number of aryl methyl sites for hydroxylation is 2. The molecule has 0 spiro atoms. The molecule has 142 valence electrons. The minimum atomic E-state index is -0.214. The van der Waals surface area contributed by atoms with Crippen LogP contribution in [0.15, 0.2) is 59.0 Å². The molecule has 1 aliphatic carbocycles. The highest BCUT2D eigenvalue weighted by atomic mass is 35.5. The molecule has 0 atom stereocenters. The number of furan rings is 1. The maximum atomic E-state index is 12.3. The maximum absolute atomic E-state index is 12.3. The minimum absolute atomic E-state index is 0.214. The van der Waals surface area contributed by atoms with Crippen LogP contribution in [-0.4, -0.2) is 5.78 Å². The molecule has 0 unspecified atom stereocenters. The van der Waals surface area contributed by atoms with E-state index in [0.717, 1.165) is 18.6 Å². The fourth-order valence-corrected chi connectivity index (χ4v) is 3.79. The van der Waals surface area contributed by atoms with Crippen LogP contribution in [-0.2, 0) is 19.4 Å². The normalized spacial score (nSPS) is 13.1. The smallest absolute Gasteiger partial charge is 0.187 e. The summed E-state index contributed by atoms with van der Waals surface area (Å²) in [4.78, 5) is 12.3. The van der Waals surface area contributed by atoms with Crippen molar-refractivity contribution in [2.24, 2.45) is 0 Å². The van der Waals surface area contributed by atoms with Gasteiger partial charge in [0.05, 0.1) is 5.02 Å². The van der Waals surface area contributed by atoms with Crippen LogP contribution in [0.1, 0.15) is 39.4 Å². The number of carbonyl (C=O) groups excluding carboxylic acids is 1. The zero-order chi connectivity index (χ0) is 19.5. The number of ketones is 1. The molecule has 3 nitrogen and oxygen atoms in total. The molecule has 0 saturated heterocycles. The Labute approximate surface area is 173 Å². The van der Waals surface area contributed by atoms with Crippen LogP contribution >= 0.6 is 23.2 Å². The second-order valence-electron chi connectivity index (χ2n) is 6.70. The van der Waals surface area contributed by atoms with E-state index >= 15 is 0 Å². The average molecular weight is 413 g/mol. The van der Waals surface area contributed by atoms with Gasteiger partial charge in [0, 0.05) is 10.6 Å². The van der Waals surface area contributed by atoms with Gasteiger partial charge in [-0.3, -0.25) is 4.79 Å². The lowest BCUT2D eigenvalue weighted by molar-refractivity contribution is 0.104. The summed E-state index contributed by atoms with van der Waals surface area (Å²) in [6.45, 7) is 0.337. The third kappa shape index (κ3) is 4.32. The molecule has 4 rings (SSSR count). The van der Waals surface area contributed by atoms with Crippen molar-refractivity contribution < 1.29 is 13.9 Å². The van der Waals surface area contributed by atoms with Gasteiger partial charge in [-0.2, -0.15) is 0 Å². The molecule has 28 heavy (non-hydrogen) atoms. The summed E-state index contributed by atoms with van der Waals surface area (Å²) < 4.78 is 11.6. The van der Waals surface area contributed by atoms with Gasteiger partial charge in [0.15, 0.2) is 5.78 Å². The van der Waals surface area contributed by atoms with Crippen LogP contribution in [0.25, 0.3) is 6.08 Å². The molecule has 0 bridgehead atoms. The number of fused-ring (bicyclic) bond motifs is 1. The summed E-state index contributed by atoms with van der Waals surface area (Å²) in [5.74, 6) is 1.90. The van der Waals surface area contributed by atoms with Gasteiger partial charge in [-0.15, -0.1) is 0 Å². The summed E-state index contributed by atoms with van der Waals surface area (Å²) in [6, 6.07) is 14.7. The Morgan fingerprint density at radius 2 is 1.89 bits per heavy atom. The first kappa shape index (κ1) is 18.9. The van der Waals surface area contributed by atoms with Crippen molar-refractivity contribution in [1.82, 2.24) is 0 Å². The molecule has 1 aliphatic rings. The topological polar surface area (TPSA) is 39.4 Å². The molecule has 0 aliphatic heterocycles. The van der Waals surface area contributed by atoms with E-state index in [1.165, 1.54) is 23.6 Å². The van der Waals surface area contributed by atoms with Gasteiger partial charge in [0.25, 0.3) is 0 Å². The lowest BCUT2D eigenvalue weighted by atomic mass is 10.1. The SMILES string of the molecule is O=C(/C=C/c1ccc(COc2ccc3c(c2)CCC3)o1)c1ccc(Cl)cc1Cl. The predicted octanol–water partition coefficient (Wildman–Crippen LogP) is 6.55. The largest absolute Gasteiger partial charge is 0.486 e. The number of ether oxygens (including phenoxy) is 1. The Bertz CT molecular complexity index is 1050. The highest BCUT2D eigenvalue weighted by Crippen LogP contribution is 2.27. The molecule has 0 radical (unpaired) electrons. The summed E-state index contributed by atoms with van der Waals surface area (Å²) in [6.07, 6.45) is 6.54. The van der Waals surface area contributed by atoms with E-state index in [1.807, 2.05) is 12.1 Å². The average Bonchev–Trinajstić information content (AvgIpc) is 3.33. The molecule has 0 saturated carbocycles. The number of allylic oxidation sites excluding steroid dienone is 1. The molecule has 5 heteroatoms. The Morgan fingerprint density at radius 1 is 1.04 bits per heavy atom. The molecule has 1 aromatic heterocycles. The number of hydrogen-bond donors (Lipinski definition) is 0. The van der Waals surface area contributed by atoms with Crippen molar-refractivity contribution in [3.8, 4) is 5.75 Å². The highest BCUT2D eigenvalue weighted by Gasteiger charge is 2.12. The van der Waals surface area contributed by atoms with E-state index in [1.54, 1.807) is 30.3 Å². The first-order valence-electron chi connectivity index (χ1n) is 9.09. The van der Waals surface area contributed by atoms with Gasteiger partial charge < -0.3 is 9.15 Å². The fraction of sp³-hybridized carbons (Fsp3) is 0.174. The molecular weight excluding hydrogens is 395 g/mol. The summed E-state index contributed by atoms with van der Waals surface area (Å²) in [5.41, 5.74) is 3.19. The molecule has 0 amide bonds. The monoisotopic (exact) mass is 412 g/mol. The minimum Gasteiger partial charge on any atom is -0.486 e. The lowest BCUT2D eigenvalue weighted by Gasteiger charge is -2.06. The van der Waals surface area contributed by atoms with E-state index in [2.05, 4.69) is 12.1 Å². The van der Waals surface area contributed by atoms with Crippen LogP contribution in [0.5, 0.6) is 5.75 Å². The molecule has 0 N–H and O–H groups in total. The molecule has 3 aromatic rings. The van der Waals surface area contributed by atoms with Gasteiger partial charge in [-0.05, 0) is 85.0 Å². The van der Waals surface area contributed by atoms with Gasteiger partial charge >= 0.3 is 0 Å². The Morgan fingerprint density at radius 3 is 2.75 bits per heavy atom. The Hall–Kier alpha value is -2.49. The van der Waals surface area contributed by atoms with Gasteiger partial charge in [-0.1, -0.05) is 29.3 Å². The summed E-state index contributed by atoms with van der Waals surface area (Å²) in [5, 5.41) is 0.814. The summed E-state index contributed by atoms with van der Waals surface area (Å²) in [7, 11) is 0. The predicted molar refractivity (Wildman–Crippen MR) is 111 cm³/mol. The molecule has 0 fully saturated rings. The van der Waals surface area contributed by atoms with Crippen LogP contribution in [0.2, 0.25) is 10.0 Å². The van der Waals surface area contributed by atoms with E-state index in [-0.39, 0.29) is 5.78 Å². The van der Waals surface area contributed by atoms with Gasteiger partial charge in [-0.25, -0.2) is 0 Å². The van der Waals surface area contributed by atoms with E-state index in [4.69, 9.17) is 32.4 Å². The molecular formula is C23H18Cl2O3. The second-order valence-corrected chi connectivity index (χ2v) is 7.54. The van der Waals surface area contributed by atoms with E-state index in [0.29, 0.717) is 33.7 Å². The van der Waals surface area contributed by atoms with Crippen molar-refractivity contribution in [2.45, 2.75) is 25.9 Å². The Kier molecular flexibility index (Phi) is 5.56. The van der Waals surface area contributed by atoms with Crippen molar-refractivity contribution in [2.75, 3.05) is 0 Å². The molecule has 1 heterocycles. The van der Waals surface area contributed by atoms with E-state index < -0.39 is 0 Å². The number of carbonyl (C=O) groups is 1. The van der Waals surface area contributed by atoms with Crippen molar-refractivity contribution in [3.05, 3.63) is 92.9 Å². The van der Waals surface area contributed by atoms with Crippen molar-refractivity contribution in [3.63, 3.8) is 0 Å². The van der Waals surface area contributed by atoms with Crippen LogP contribution in [0.4, 0.5) is 0 Å². The Balaban J connectivity index is 1.37.